The summed E-state index contributed by atoms with van der Waals surface area (Å²) in [4.78, 5) is 13.0. The number of piperidine rings is 1. The molecule has 1 saturated heterocycles. The van der Waals surface area contributed by atoms with Crippen LogP contribution in [0.3, 0.4) is 0 Å². The van der Waals surface area contributed by atoms with Gasteiger partial charge in [-0.2, -0.15) is 0 Å². The Morgan fingerprint density at radius 3 is 2.29 bits per heavy atom. The van der Waals surface area contributed by atoms with Gasteiger partial charge in [0.1, 0.15) is 11.9 Å². The minimum atomic E-state index is -0.144. The maximum Gasteiger partial charge on any atom is 0.255 e. The zero-order valence-electron chi connectivity index (χ0n) is 19.3. The zero-order chi connectivity index (χ0) is 23.9. The highest BCUT2D eigenvalue weighted by Crippen LogP contribution is 2.51. The number of hydrogen-bond acceptors (Lipinski definition) is 3. The molecule has 5 rings (SSSR count). The van der Waals surface area contributed by atoms with E-state index in [9.17, 15) is 4.79 Å². The predicted octanol–water partition coefficient (Wildman–Crippen LogP) is 6.95. The molecule has 1 amide bonds. The first kappa shape index (κ1) is 23.2. The number of anilines is 1. The largest absolute Gasteiger partial charge is 0.489 e. The summed E-state index contributed by atoms with van der Waals surface area (Å²) in [5, 5.41) is 7.72. The first-order chi connectivity index (χ1) is 16.4. The van der Waals surface area contributed by atoms with Gasteiger partial charge in [-0.1, -0.05) is 49.2 Å². The fraction of sp³-hybridized carbons (Fsp3) is 0.321. The SMILES string of the molecule is CC(C)C1Oc2ccc(NC(=O)c3ccc(-c4cc(Cl)cc(Cl)c4)cc3)cc2C12CCNCC2. The quantitative estimate of drug-likeness (QED) is 0.412. The van der Waals surface area contributed by atoms with Gasteiger partial charge in [0, 0.05) is 32.3 Å². The lowest BCUT2D eigenvalue weighted by Crippen LogP contribution is -2.48. The van der Waals surface area contributed by atoms with E-state index in [1.54, 1.807) is 6.07 Å². The van der Waals surface area contributed by atoms with Crippen LogP contribution in [0.25, 0.3) is 11.1 Å². The van der Waals surface area contributed by atoms with E-state index in [1.807, 2.05) is 48.5 Å². The van der Waals surface area contributed by atoms with Crippen molar-refractivity contribution < 1.29 is 9.53 Å². The Balaban J connectivity index is 1.37. The van der Waals surface area contributed by atoms with Gasteiger partial charge in [0.25, 0.3) is 5.91 Å². The summed E-state index contributed by atoms with van der Waals surface area (Å²) in [5.74, 6) is 1.22. The number of rotatable bonds is 4. The summed E-state index contributed by atoms with van der Waals surface area (Å²) in [7, 11) is 0. The lowest BCUT2D eigenvalue weighted by Gasteiger charge is -2.40. The molecule has 0 bridgehead atoms. The molecule has 1 fully saturated rings. The summed E-state index contributed by atoms with van der Waals surface area (Å²) in [6.07, 6.45) is 2.23. The lowest BCUT2D eigenvalue weighted by atomic mass is 9.67. The van der Waals surface area contributed by atoms with Crippen molar-refractivity contribution in [2.45, 2.75) is 38.2 Å². The number of ether oxygens (including phenoxy) is 1. The molecule has 4 nitrogen and oxygen atoms in total. The highest BCUT2D eigenvalue weighted by atomic mass is 35.5. The third-order valence-corrected chi connectivity index (χ3v) is 7.45. The van der Waals surface area contributed by atoms with Crippen LogP contribution in [-0.2, 0) is 5.41 Å². The van der Waals surface area contributed by atoms with Crippen LogP contribution in [0.4, 0.5) is 5.69 Å². The minimum Gasteiger partial charge on any atom is -0.489 e. The Labute approximate surface area is 210 Å². The summed E-state index contributed by atoms with van der Waals surface area (Å²) in [5.41, 5.74) is 4.46. The number of halogens is 2. The van der Waals surface area contributed by atoms with Crippen LogP contribution >= 0.6 is 23.2 Å². The molecule has 2 N–H and O–H groups in total. The third-order valence-electron chi connectivity index (χ3n) is 7.02. The van der Waals surface area contributed by atoms with Crippen molar-refractivity contribution in [1.29, 1.82) is 0 Å². The van der Waals surface area contributed by atoms with E-state index in [2.05, 4.69) is 30.5 Å². The number of carbonyl (C=O) groups excluding carboxylic acids is 1. The molecule has 1 unspecified atom stereocenters. The van der Waals surface area contributed by atoms with Crippen LogP contribution in [0, 0.1) is 5.92 Å². The van der Waals surface area contributed by atoms with Crippen molar-refractivity contribution in [2.75, 3.05) is 18.4 Å². The first-order valence-corrected chi connectivity index (χ1v) is 12.5. The van der Waals surface area contributed by atoms with Gasteiger partial charge in [-0.3, -0.25) is 4.79 Å². The van der Waals surface area contributed by atoms with Crippen molar-refractivity contribution in [3.63, 3.8) is 0 Å². The molecule has 2 aliphatic rings. The van der Waals surface area contributed by atoms with Gasteiger partial charge < -0.3 is 15.4 Å². The molecule has 1 atom stereocenters. The van der Waals surface area contributed by atoms with Crippen LogP contribution in [0.2, 0.25) is 10.0 Å². The molecule has 1 spiro atoms. The van der Waals surface area contributed by atoms with Crippen LogP contribution in [0.1, 0.15) is 42.6 Å². The van der Waals surface area contributed by atoms with E-state index in [4.69, 9.17) is 27.9 Å². The van der Waals surface area contributed by atoms with Gasteiger partial charge in [-0.05, 0) is 91.5 Å². The maximum absolute atomic E-state index is 13.0. The number of hydrogen-bond donors (Lipinski definition) is 2. The molecular weight excluding hydrogens is 467 g/mol. The van der Waals surface area contributed by atoms with Gasteiger partial charge in [-0.25, -0.2) is 0 Å². The van der Waals surface area contributed by atoms with Crippen molar-refractivity contribution in [3.8, 4) is 16.9 Å². The van der Waals surface area contributed by atoms with Gasteiger partial charge in [-0.15, -0.1) is 0 Å². The molecule has 0 radical (unpaired) electrons. The van der Waals surface area contributed by atoms with E-state index >= 15 is 0 Å². The topological polar surface area (TPSA) is 50.4 Å². The highest BCUT2D eigenvalue weighted by molar-refractivity contribution is 6.35. The second kappa shape index (κ2) is 9.26. The molecule has 2 aliphatic heterocycles. The van der Waals surface area contributed by atoms with Crippen LogP contribution in [0.15, 0.2) is 60.7 Å². The molecule has 34 heavy (non-hydrogen) atoms. The molecular formula is C28H28Cl2N2O2. The van der Waals surface area contributed by atoms with Gasteiger partial charge in [0.2, 0.25) is 0 Å². The van der Waals surface area contributed by atoms with Crippen molar-refractivity contribution in [1.82, 2.24) is 5.32 Å². The van der Waals surface area contributed by atoms with Crippen LogP contribution < -0.4 is 15.4 Å². The fourth-order valence-electron chi connectivity index (χ4n) is 5.44. The fourth-order valence-corrected chi connectivity index (χ4v) is 5.97. The molecule has 176 valence electrons. The summed E-state index contributed by atoms with van der Waals surface area (Å²) < 4.78 is 6.42. The Hall–Kier alpha value is -2.53. The Morgan fingerprint density at radius 2 is 1.65 bits per heavy atom. The van der Waals surface area contributed by atoms with Gasteiger partial charge >= 0.3 is 0 Å². The molecule has 3 aromatic rings. The summed E-state index contributed by atoms with van der Waals surface area (Å²) >= 11 is 12.3. The van der Waals surface area contributed by atoms with Crippen molar-refractivity contribution in [2.24, 2.45) is 5.92 Å². The normalized spacial score (nSPS) is 18.6. The summed E-state index contributed by atoms with van der Waals surface area (Å²) in [6.45, 7) is 6.41. The third kappa shape index (κ3) is 4.31. The highest BCUT2D eigenvalue weighted by Gasteiger charge is 2.50. The molecule has 6 heteroatoms. The maximum atomic E-state index is 13.0. The smallest absolute Gasteiger partial charge is 0.255 e. The van der Waals surface area contributed by atoms with Crippen LogP contribution in [-0.4, -0.2) is 25.1 Å². The predicted molar refractivity (Wildman–Crippen MR) is 139 cm³/mol. The number of carbonyl (C=O) groups is 1. The Bertz CT molecular complexity index is 1200. The van der Waals surface area contributed by atoms with E-state index in [0.717, 1.165) is 48.5 Å². The molecule has 0 saturated carbocycles. The minimum absolute atomic E-state index is 0.00460. The summed E-state index contributed by atoms with van der Waals surface area (Å²) in [6, 6.07) is 18.9. The van der Waals surface area contributed by atoms with Crippen LogP contribution in [0.5, 0.6) is 5.75 Å². The lowest BCUT2D eigenvalue weighted by molar-refractivity contribution is 0.0781. The molecule has 2 heterocycles. The van der Waals surface area contributed by atoms with E-state index in [0.29, 0.717) is 21.5 Å². The molecule has 0 aliphatic carbocycles. The average molecular weight is 495 g/mol. The number of amides is 1. The average Bonchev–Trinajstić information content (AvgIpc) is 3.12. The molecule has 0 aromatic heterocycles. The van der Waals surface area contributed by atoms with Crippen molar-refractivity contribution in [3.05, 3.63) is 81.8 Å². The Morgan fingerprint density at radius 1 is 0.971 bits per heavy atom. The number of benzene rings is 3. The van der Waals surface area contributed by atoms with E-state index in [1.165, 1.54) is 5.56 Å². The van der Waals surface area contributed by atoms with Gasteiger partial charge in [0.05, 0.1) is 0 Å². The van der Waals surface area contributed by atoms with E-state index < -0.39 is 0 Å². The zero-order valence-corrected chi connectivity index (χ0v) is 20.8. The van der Waals surface area contributed by atoms with Gasteiger partial charge in [0.15, 0.2) is 0 Å². The standard InChI is InChI=1S/C28H28Cl2N2O2/c1-17(2)26-28(9-11-31-12-10-28)24-16-23(7-8-25(24)34-26)32-27(33)19-5-3-18(4-6-19)20-13-21(29)15-22(30)14-20/h3-8,13-17,26,31H,9-12H2,1-2H3,(H,32,33). The second-order valence-corrected chi connectivity index (χ2v) is 10.5. The van der Waals surface area contributed by atoms with Crippen molar-refractivity contribution >= 4 is 34.8 Å². The second-order valence-electron chi connectivity index (χ2n) is 9.59. The van der Waals surface area contributed by atoms with E-state index in [-0.39, 0.29) is 17.4 Å². The number of nitrogens with one attached hydrogen (secondary N) is 2. The Kier molecular flexibility index (Phi) is 6.32. The first-order valence-electron chi connectivity index (χ1n) is 11.8. The number of fused-ring (bicyclic) bond motifs is 2. The monoisotopic (exact) mass is 494 g/mol. The molecule has 3 aromatic carbocycles.